The van der Waals surface area contributed by atoms with E-state index in [1.54, 1.807) is 0 Å². The fourth-order valence-electron chi connectivity index (χ4n) is 3.71. The molecule has 0 aromatic carbocycles. The van der Waals surface area contributed by atoms with Crippen molar-refractivity contribution in [2.45, 2.75) is 64.5 Å². The molecule has 1 amide bonds. The van der Waals surface area contributed by atoms with Gasteiger partial charge in [0.05, 0.1) is 12.5 Å². The largest absolute Gasteiger partial charge is 0.466 e. The summed E-state index contributed by atoms with van der Waals surface area (Å²) in [7, 11) is 0. The van der Waals surface area contributed by atoms with Crippen molar-refractivity contribution >= 4 is 17.8 Å². The van der Waals surface area contributed by atoms with E-state index in [-0.39, 0.29) is 24.5 Å². The fraction of sp³-hybridized carbons (Fsp3) is 0.722. The number of fused-ring (bicyclic) bond motifs is 1. The zero-order valence-electron chi connectivity index (χ0n) is 14.7. The van der Waals surface area contributed by atoms with Crippen LogP contribution in [0.1, 0.15) is 52.9 Å². The zero-order valence-corrected chi connectivity index (χ0v) is 14.7. The van der Waals surface area contributed by atoms with Gasteiger partial charge < -0.3 is 14.8 Å². The molecule has 0 bridgehead atoms. The number of amides is 1. The van der Waals surface area contributed by atoms with Crippen molar-refractivity contribution in [3.8, 4) is 0 Å². The van der Waals surface area contributed by atoms with Crippen LogP contribution in [-0.2, 0) is 23.9 Å². The summed E-state index contributed by atoms with van der Waals surface area (Å²) in [5.41, 5.74) is -0.871. The number of carbonyl (C=O) groups excluding carboxylic acids is 3. The summed E-state index contributed by atoms with van der Waals surface area (Å²) in [6, 6.07) is 0. The van der Waals surface area contributed by atoms with Crippen LogP contribution in [0.5, 0.6) is 0 Å². The highest BCUT2D eigenvalue weighted by Crippen LogP contribution is 2.45. The molecule has 3 rings (SSSR count). The predicted octanol–water partition coefficient (Wildman–Crippen LogP) is 2.12. The van der Waals surface area contributed by atoms with Gasteiger partial charge >= 0.3 is 11.9 Å². The molecule has 6 nitrogen and oxygen atoms in total. The zero-order chi connectivity index (χ0) is 17.7. The Balaban J connectivity index is 0.00000100. The highest BCUT2D eigenvalue weighted by atomic mass is 16.6. The molecule has 0 aromatic rings. The van der Waals surface area contributed by atoms with Crippen molar-refractivity contribution in [3.05, 3.63) is 12.2 Å². The van der Waals surface area contributed by atoms with Gasteiger partial charge in [0.2, 0.25) is 5.91 Å². The van der Waals surface area contributed by atoms with Crippen LogP contribution in [0.4, 0.5) is 0 Å². The average Bonchev–Trinajstić information content (AvgIpc) is 2.79. The van der Waals surface area contributed by atoms with Crippen molar-refractivity contribution in [1.82, 2.24) is 5.32 Å². The minimum Gasteiger partial charge on any atom is -0.466 e. The van der Waals surface area contributed by atoms with Crippen molar-refractivity contribution in [2.75, 3.05) is 6.61 Å². The predicted molar refractivity (Wildman–Crippen MR) is 87.9 cm³/mol. The Morgan fingerprint density at radius 3 is 2.75 bits per heavy atom. The van der Waals surface area contributed by atoms with E-state index in [1.807, 2.05) is 13.8 Å². The molecule has 4 atom stereocenters. The van der Waals surface area contributed by atoms with Crippen LogP contribution in [0.25, 0.3) is 0 Å². The first-order valence-corrected chi connectivity index (χ1v) is 8.86. The molecular weight excluding hydrogens is 310 g/mol. The first-order valence-electron chi connectivity index (χ1n) is 8.86. The van der Waals surface area contributed by atoms with Crippen molar-refractivity contribution in [3.63, 3.8) is 0 Å². The Morgan fingerprint density at radius 1 is 1.42 bits per heavy atom. The number of hydrogen-bond acceptors (Lipinski definition) is 5. The van der Waals surface area contributed by atoms with Crippen LogP contribution in [0.3, 0.4) is 0 Å². The third-order valence-corrected chi connectivity index (χ3v) is 4.80. The van der Waals surface area contributed by atoms with Gasteiger partial charge in [-0.1, -0.05) is 26.0 Å². The second kappa shape index (κ2) is 7.81. The van der Waals surface area contributed by atoms with Gasteiger partial charge in [-0.05, 0) is 38.0 Å². The molecule has 0 radical (unpaired) electrons. The Kier molecular flexibility index (Phi) is 6.02. The van der Waals surface area contributed by atoms with E-state index < -0.39 is 17.6 Å². The fourth-order valence-corrected chi connectivity index (χ4v) is 3.71. The van der Waals surface area contributed by atoms with E-state index in [4.69, 9.17) is 9.47 Å². The van der Waals surface area contributed by atoms with Crippen molar-refractivity contribution in [1.29, 1.82) is 0 Å². The summed E-state index contributed by atoms with van der Waals surface area (Å²) in [5.74, 6) is -1.01. The lowest BCUT2D eigenvalue weighted by molar-refractivity contribution is -0.194. The quantitative estimate of drug-likeness (QED) is 0.614. The first-order chi connectivity index (χ1) is 11.5. The number of rotatable bonds is 5. The summed E-state index contributed by atoms with van der Waals surface area (Å²) in [6.45, 7) is 5.50. The van der Waals surface area contributed by atoms with Gasteiger partial charge in [0.25, 0.3) is 0 Å². The van der Waals surface area contributed by atoms with Crippen LogP contribution >= 0.6 is 0 Å². The Bertz CT molecular complexity index is 530. The normalized spacial score (nSPS) is 33.4. The second-order valence-corrected chi connectivity index (χ2v) is 6.34. The summed E-state index contributed by atoms with van der Waals surface area (Å²) < 4.78 is 10.2. The van der Waals surface area contributed by atoms with E-state index >= 15 is 0 Å². The third-order valence-electron chi connectivity index (χ3n) is 4.80. The summed E-state index contributed by atoms with van der Waals surface area (Å²) in [5, 5.41) is 2.86. The second-order valence-electron chi connectivity index (χ2n) is 6.34. The number of nitrogens with one attached hydrogen (secondary N) is 1. The summed E-state index contributed by atoms with van der Waals surface area (Å²) >= 11 is 0. The van der Waals surface area contributed by atoms with Crippen LogP contribution in [-0.4, -0.2) is 36.1 Å². The van der Waals surface area contributed by atoms with Crippen LogP contribution in [0.15, 0.2) is 12.2 Å². The topological polar surface area (TPSA) is 81.7 Å². The lowest BCUT2D eigenvalue weighted by atomic mass is 9.75. The highest BCUT2D eigenvalue weighted by Gasteiger charge is 2.68. The van der Waals surface area contributed by atoms with E-state index in [0.717, 1.165) is 19.3 Å². The number of esters is 2. The molecule has 2 heterocycles. The molecular formula is C18H27NO5. The Labute approximate surface area is 143 Å². The van der Waals surface area contributed by atoms with Crippen LogP contribution < -0.4 is 5.32 Å². The van der Waals surface area contributed by atoms with E-state index in [1.165, 1.54) is 6.92 Å². The number of allylic oxidation sites excluding steroid dienone is 2. The van der Waals surface area contributed by atoms with E-state index in [2.05, 4.69) is 17.5 Å². The smallest absolute Gasteiger partial charge is 0.336 e. The van der Waals surface area contributed by atoms with Crippen LogP contribution in [0, 0.1) is 11.8 Å². The molecule has 0 spiro atoms. The maximum Gasteiger partial charge on any atom is 0.336 e. The minimum absolute atomic E-state index is 0.168. The molecule has 134 valence electrons. The van der Waals surface area contributed by atoms with Gasteiger partial charge in [-0.3, -0.25) is 9.59 Å². The molecule has 2 aliphatic heterocycles. The van der Waals surface area contributed by atoms with Crippen molar-refractivity contribution < 1.29 is 23.9 Å². The molecule has 1 aliphatic carbocycles. The lowest BCUT2D eigenvalue weighted by Gasteiger charge is -2.44. The monoisotopic (exact) mass is 337 g/mol. The van der Waals surface area contributed by atoms with Gasteiger partial charge in [0.1, 0.15) is 6.10 Å². The molecule has 1 N–H and O–H groups in total. The molecule has 4 unspecified atom stereocenters. The summed E-state index contributed by atoms with van der Waals surface area (Å²) in [4.78, 5) is 35.1. The van der Waals surface area contributed by atoms with E-state index in [9.17, 15) is 14.4 Å². The van der Waals surface area contributed by atoms with Crippen LogP contribution in [0.2, 0.25) is 0 Å². The third kappa shape index (κ3) is 3.47. The average molecular weight is 337 g/mol. The summed E-state index contributed by atoms with van der Waals surface area (Å²) in [6.07, 6.45) is 8.05. The van der Waals surface area contributed by atoms with Gasteiger partial charge in [-0.15, -0.1) is 0 Å². The molecule has 24 heavy (non-hydrogen) atoms. The number of ether oxygens (including phenoxy) is 2. The molecule has 2 saturated heterocycles. The number of carbonyl (C=O) groups is 3. The minimum atomic E-state index is -0.871. The molecule has 0 aromatic heterocycles. The number of hydrogen-bond donors (Lipinski definition) is 1. The lowest BCUT2D eigenvalue weighted by Crippen LogP contribution is -2.67. The van der Waals surface area contributed by atoms with Crippen molar-refractivity contribution in [2.24, 2.45) is 11.8 Å². The highest BCUT2D eigenvalue weighted by molar-refractivity contribution is 5.99. The Hall–Kier alpha value is -1.85. The molecule has 6 heteroatoms. The molecule has 0 saturated carbocycles. The maximum atomic E-state index is 12.2. The van der Waals surface area contributed by atoms with Gasteiger partial charge in [-0.2, -0.15) is 0 Å². The first kappa shape index (κ1) is 18.5. The standard InChI is InChI=1S/C16H21NO5.C2H6/c1-10(18)21-8-7-12-13-16(15(20)22-13,17-14(12)19)9-11-5-3-2-4-6-11;1-2/h3,5,11-13H,2,4,6-9H2,1H3,(H,17,19);1-2H3. The van der Waals surface area contributed by atoms with E-state index in [0.29, 0.717) is 18.8 Å². The van der Waals surface area contributed by atoms with Gasteiger partial charge in [0, 0.05) is 6.92 Å². The molecule has 3 aliphatic rings. The Morgan fingerprint density at radius 2 is 2.17 bits per heavy atom. The van der Waals surface area contributed by atoms with Gasteiger partial charge in [-0.25, -0.2) is 4.79 Å². The molecule has 2 fully saturated rings. The van der Waals surface area contributed by atoms with Gasteiger partial charge in [0.15, 0.2) is 5.54 Å². The SMILES string of the molecule is CC.CC(=O)OCCC1C(=O)NC2(CC3C=CCCC3)C(=O)OC12. The maximum absolute atomic E-state index is 12.2.